The van der Waals surface area contributed by atoms with E-state index in [1.807, 2.05) is 0 Å². The van der Waals surface area contributed by atoms with Crippen LogP contribution in [-0.2, 0) is 16.1 Å². The fourth-order valence-corrected chi connectivity index (χ4v) is 2.33. The fourth-order valence-electron chi connectivity index (χ4n) is 2.33. The molecule has 144 valence electrons. The van der Waals surface area contributed by atoms with Gasteiger partial charge in [-0.1, -0.05) is 18.2 Å². The molecule has 0 saturated heterocycles. The highest BCUT2D eigenvalue weighted by Crippen LogP contribution is 2.21. The first-order valence-corrected chi connectivity index (χ1v) is 7.94. The van der Waals surface area contributed by atoms with E-state index >= 15 is 0 Å². The topological polar surface area (TPSA) is 64.6 Å². The van der Waals surface area contributed by atoms with Crippen LogP contribution in [0.4, 0.5) is 18.9 Å². The number of esters is 1. The van der Waals surface area contributed by atoms with Gasteiger partial charge in [-0.15, -0.1) is 0 Å². The number of halogens is 3. The van der Waals surface area contributed by atoms with E-state index in [4.69, 9.17) is 4.74 Å². The van der Waals surface area contributed by atoms with Gasteiger partial charge in [0.2, 0.25) is 0 Å². The largest absolute Gasteiger partial charge is 0.465 e. The Morgan fingerprint density at radius 1 is 1.07 bits per heavy atom. The average molecular weight is 381 g/mol. The zero-order valence-corrected chi connectivity index (χ0v) is 14.7. The molecule has 27 heavy (non-hydrogen) atoms. The molecule has 0 fully saturated rings. The maximum Gasteiger partial charge on any atom is 0.411 e. The van der Waals surface area contributed by atoms with Crippen LogP contribution < -0.4 is 5.32 Å². The summed E-state index contributed by atoms with van der Waals surface area (Å²) in [4.78, 5) is 24.1. The molecule has 0 aliphatic heterocycles. The van der Waals surface area contributed by atoms with Crippen LogP contribution in [0.1, 0.15) is 31.8 Å². The number of methoxy groups -OCH3 is 1. The molecule has 1 amide bonds. The zero-order chi connectivity index (χ0) is 20.0. The highest BCUT2D eigenvalue weighted by Gasteiger charge is 2.27. The predicted molar refractivity (Wildman–Crippen MR) is 92.6 cm³/mol. The van der Waals surface area contributed by atoms with E-state index in [0.717, 1.165) is 0 Å². The number of ether oxygens (including phenoxy) is 2. The smallest absolute Gasteiger partial charge is 0.411 e. The summed E-state index contributed by atoms with van der Waals surface area (Å²) in [5, 5.41) is 2.70. The molecule has 2 aromatic rings. The van der Waals surface area contributed by atoms with E-state index in [9.17, 15) is 22.8 Å². The maximum absolute atomic E-state index is 12.4. The minimum absolute atomic E-state index is 0.207. The first-order valence-electron chi connectivity index (χ1n) is 7.94. The van der Waals surface area contributed by atoms with Gasteiger partial charge in [0.15, 0.2) is 0 Å². The van der Waals surface area contributed by atoms with Crippen LogP contribution in [0.3, 0.4) is 0 Å². The Morgan fingerprint density at radius 3 is 2.33 bits per heavy atom. The van der Waals surface area contributed by atoms with Crippen LogP contribution in [-0.4, -0.2) is 31.8 Å². The molecule has 2 aromatic carbocycles. The Balaban J connectivity index is 2.03. The van der Waals surface area contributed by atoms with E-state index in [1.165, 1.54) is 31.4 Å². The SMILES string of the molecule is COC(=O)c1cccc(NC(=O)c2ccc(COCC(F)(F)F)cc2)c1C. The van der Waals surface area contributed by atoms with Gasteiger partial charge in [-0.05, 0) is 42.3 Å². The van der Waals surface area contributed by atoms with Crippen molar-refractivity contribution < 1.29 is 32.2 Å². The Hall–Kier alpha value is -2.87. The van der Waals surface area contributed by atoms with E-state index in [0.29, 0.717) is 27.9 Å². The second kappa shape index (κ2) is 8.68. The Bertz CT molecular complexity index is 817. The molecule has 2 rings (SSSR count). The molecule has 5 nitrogen and oxygen atoms in total. The number of amides is 1. The molecule has 0 heterocycles. The van der Waals surface area contributed by atoms with Gasteiger partial charge in [0, 0.05) is 11.3 Å². The lowest BCUT2D eigenvalue weighted by atomic mass is 10.1. The van der Waals surface area contributed by atoms with Crippen LogP contribution in [0.2, 0.25) is 0 Å². The monoisotopic (exact) mass is 381 g/mol. The number of benzene rings is 2. The van der Waals surface area contributed by atoms with Gasteiger partial charge < -0.3 is 14.8 Å². The van der Waals surface area contributed by atoms with Crippen LogP contribution in [0.15, 0.2) is 42.5 Å². The number of carbonyl (C=O) groups excluding carboxylic acids is 2. The number of carbonyl (C=O) groups is 2. The van der Waals surface area contributed by atoms with Crippen molar-refractivity contribution in [1.29, 1.82) is 0 Å². The van der Waals surface area contributed by atoms with E-state index in [1.54, 1.807) is 25.1 Å². The first kappa shape index (κ1) is 20.4. The van der Waals surface area contributed by atoms with Crippen molar-refractivity contribution in [2.75, 3.05) is 19.0 Å². The van der Waals surface area contributed by atoms with Crippen molar-refractivity contribution in [3.63, 3.8) is 0 Å². The van der Waals surface area contributed by atoms with Crippen molar-refractivity contribution in [3.05, 3.63) is 64.7 Å². The lowest BCUT2D eigenvalue weighted by molar-refractivity contribution is -0.176. The third-order valence-corrected chi connectivity index (χ3v) is 3.74. The van der Waals surface area contributed by atoms with Crippen molar-refractivity contribution in [1.82, 2.24) is 0 Å². The second-order valence-electron chi connectivity index (χ2n) is 5.73. The second-order valence-corrected chi connectivity index (χ2v) is 5.73. The van der Waals surface area contributed by atoms with E-state index in [-0.39, 0.29) is 6.61 Å². The summed E-state index contributed by atoms with van der Waals surface area (Å²) in [5.41, 5.74) is 2.19. The molecule has 1 N–H and O–H groups in total. The van der Waals surface area contributed by atoms with Crippen molar-refractivity contribution in [2.45, 2.75) is 19.7 Å². The lowest BCUT2D eigenvalue weighted by Crippen LogP contribution is -2.17. The van der Waals surface area contributed by atoms with Gasteiger partial charge in [0.05, 0.1) is 19.3 Å². The van der Waals surface area contributed by atoms with Crippen LogP contribution in [0.5, 0.6) is 0 Å². The summed E-state index contributed by atoms with van der Waals surface area (Å²) in [5.74, 6) is -0.922. The van der Waals surface area contributed by atoms with E-state index in [2.05, 4.69) is 10.1 Å². The Kier molecular flexibility index (Phi) is 6.57. The number of anilines is 1. The predicted octanol–water partition coefficient (Wildman–Crippen LogP) is 4.11. The number of nitrogens with one attached hydrogen (secondary N) is 1. The van der Waals surface area contributed by atoms with Crippen LogP contribution in [0, 0.1) is 6.92 Å². The van der Waals surface area contributed by atoms with Crippen molar-refractivity contribution >= 4 is 17.6 Å². The van der Waals surface area contributed by atoms with Gasteiger partial charge in [-0.3, -0.25) is 4.79 Å². The average Bonchev–Trinajstić information content (AvgIpc) is 2.62. The van der Waals surface area contributed by atoms with Crippen LogP contribution >= 0.6 is 0 Å². The summed E-state index contributed by atoms with van der Waals surface area (Å²) >= 11 is 0. The summed E-state index contributed by atoms with van der Waals surface area (Å²) in [6.07, 6.45) is -4.38. The molecule has 0 aliphatic rings. The minimum atomic E-state index is -4.38. The standard InChI is InChI=1S/C19H18F3NO4/c1-12-15(18(25)26-2)4-3-5-16(12)23-17(24)14-8-6-13(7-9-14)10-27-11-19(20,21)22/h3-9H,10-11H2,1-2H3,(H,23,24). The number of alkyl halides is 3. The molecule has 8 heteroatoms. The molecule has 0 spiro atoms. The van der Waals surface area contributed by atoms with Gasteiger partial charge >= 0.3 is 12.1 Å². The zero-order valence-electron chi connectivity index (χ0n) is 14.7. The molecule has 0 radical (unpaired) electrons. The molecule has 0 aromatic heterocycles. The number of hydrogen-bond donors (Lipinski definition) is 1. The third-order valence-electron chi connectivity index (χ3n) is 3.74. The number of rotatable bonds is 6. The summed E-state index contributed by atoms with van der Waals surface area (Å²) in [7, 11) is 1.27. The Labute approximate surface area is 154 Å². The summed E-state index contributed by atoms with van der Waals surface area (Å²) in [6, 6.07) is 10.9. The molecular formula is C19H18F3NO4. The minimum Gasteiger partial charge on any atom is -0.465 e. The van der Waals surface area contributed by atoms with Crippen molar-refractivity contribution in [2.24, 2.45) is 0 Å². The van der Waals surface area contributed by atoms with Crippen LogP contribution in [0.25, 0.3) is 0 Å². The fraction of sp³-hybridized carbons (Fsp3) is 0.263. The molecule has 0 saturated carbocycles. The summed E-state index contributed by atoms with van der Waals surface area (Å²) < 4.78 is 45.5. The summed E-state index contributed by atoms with van der Waals surface area (Å²) in [6.45, 7) is 0.149. The molecular weight excluding hydrogens is 363 g/mol. The van der Waals surface area contributed by atoms with Gasteiger partial charge in [0.1, 0.15) is 6.61 Å². The lowest BCUT2D eigenvalue weighted by Gasteiger charge is -2.12. The molecule has 0 unspecified atom stereocenters. The molecule has 0 aliphatic carbocycles. The molecule has 0 bridgehead atoms. The normalized spacial score (nSPS) is 11.1. The van der Waals surface area contributed by atoms with Gasteiger partial charge in [0.25, 0.3) is 5.91 Å². The highest BCUT2D eigenvalue weighted by atomic mass is 19.4. The van der Waals surface area contributed by atoms with Gasteiger partial charge in [-0.2, -0.15) is 13.2 Å². The molecule has 0 atom stereocenters. The Morgan fingerprint density at radius 2 is 1.74 bits per heavy atom. The maximum atomic E-state index is 12.4. The van der Waals surface area contributed by atoms with Gasteiger partial charge in [-0.25, -0.2) is 4.79 Å². The first-order chi connectivity index (χ1) is 12.7. The highest BCUT2D eigenvalue weighted by molar-refractivity contribution is 6.05. The van der Waals surface area contributed by atoms with E-state index < -0.39 is 24.7 Å². The third kappa shape index (κ3) is 5.82. The number of hydrogen-bond acceptors (Lipinski definition) is 4. The quantitative estimate of drug-likeness (QED) is 0.765. The van der Waals surface area contributed by atoms with Crippen molar-refractivity contribution in [3.8, 4) is 0 Å².